The molecule has 0 atom stereocenters. The number of aryl methyl sites for hydroxylation is 1. The van der Waals surface area contributed by atoms with Gasteiger partial charge in [0.1, 0.15) is 5.75 Å². The molecule has 1 aromatic rings. The van der Waals surface area contributed by atoms with Crippen LogP contribution in [0.15, 0.2) is 12.1 Å². The second-order valence-electron chi connectivity index (χ2n) is 2.58. The van der Waals surface area contributed by atoms with Gasteiger partial charge in [0.05, 0.1) is 17.5 Å². The molecule has 0 saturated heterocycles. The Morgan fingerprint density at radius 1 is 1.58 bits per heavy atom. The van der Waals surface area contributed by atoms with Crippen molar-refractivity contribution in [1.29, 1.82) is 5.26 Å². The average molecular weight is 182 g/mol. The van der Waals surface area contributed by atoms with Crippen molar-refractivity contribution in [1.82, 2.24) is 0 Å². The zero-order valence-electron chi connectivity index (χ0n) is 6.63. The van der Waals surface area contributed by atoms with Crippen LogP contribution < -0.4 is 0 Å². The van der Waals surface area contributed by atoms with Crippen LogP contribution in [0.2, 0.25) is 5.02 Å². The van der Waals surface area contributed by atoms with Crippen LogP contribution in [-0.4, -0.2) is 5.11 Å². The molecule has 0 aromatic heterocycles. The first-order valence-corrected chi connectivity index (χ1v) is 3.88. The summed E-state index contributed by atoms with van der Waals surface area (Å²) >= 11 is 5.72. The lowest BCUT2D eigenvalue weighted by Gasteiger charge is -2.02. The molecule has 0 aliphatic heterocycles. The molecule has 0 radical (unpaired) electrons. The van der Waals surface area contributed by atoms with Gasteiger partial charge in [-0.25, -0.2) is 0 Å². The van der Waals surface area contributed by atoms with Crippen LogP contribution in [0, 0.1) is 18.3 Å². The largest absolute Gasteiger partial charge is 0.506 e. The van der Waals surface area contributed by atoms with E-state index in [9.17, 15) is 5.11 Å². The zero-order valence-corrected chi connectivity index (χ0v) is 7.39. The fourth-order valence-corrected chi connectivity index (χ4v) is 1.13. The van der Waals surface area contributed by atoms with Gasteiger partial charge in [0.2, 0.25) is 0 Å². The summed E-state index contributed by atoms with van der Waals surface area (Å²) in [6, 6.07) is 5.31. The monoisotopic (exact) mass is 181 g/mol. The Hall–Kier alpha value is -1.20. The van der Waals surface area contributed by atoms with Gasteiger partial charge >= 0.3 is 0 Å². The molecule has 62 valence electrons. The summed E-state index contributed by atoms with van der Waals surface area (Å²) in [6.07, 6.45) is 0.297. The van der Waals surface area contributed by atoms with Crippen LogP contribution >= 0.6 is 11.6 Å². The van der Waals surface area contributed by atoms with Crippen molar-refractivity contribution in [2.24, 2.45) is 0 Å². The average Bonchev–Trinajstić information content (AvgIpc) is 2.01. The first-order chi connectivity index (χ1) is 5.65. The number of hydrogen-bond donors (Lipinski definition) is 1. The maximum atomic E-state index is 9.27. The number of phenols is 1. The van der Waals surface area contributed by atoms with Gasteiger partial charge in [-0.15, -0.1) is 0 Å². The summed E-state index contributed by atoms with van der Waals surface area (Å²) in [6.45, 7) is 1.79. The minimum Gasteiger partial charge on any atom is -0.506 e. The number of aromatic hydroxyl groups is 1. The highest BCUT2D eigenvalue weighted by molar-refractivity contribution is 6.32. The van der Waals surface area contributed by atoms with E-state index < -0.39 is 0 Å². The molecule has 1 aromatic carbocycles. The molecule has 12 heavy (non-hydrogen) atoms. The lowest BCUT2D eigenvalue weighted by molar-refractivity contribution is 0.474. The minimum atomic E-state index is 0.0434. The Labute approximate surface area is 76.0 Å². The lowest BCUT2D eigenvalue weighted by Crippen LogP contribution is -1.84. The van der Waals surface area contributed by atoms with Crippen LogP contribution in [0.3, 0.4) is 0 Å². The van der Waals surface area contributed by atoms with E-state index in [0.29, 0.717) is 11.4 Å². The molecule has 0 saturated carbocycles. The third-order valence-electron chi connectivity index (χ3n) is 1.58. The zero-order chi connectivity index (χ0) is 9.14. The fraction of sp³-hybridized carbons (Fsp3) is 0.222. The van der Waals surface area contributed by atoms with Gasteiger partial charge in [0, 0.05) is 0 Å². The topological polar surface area (TPSA) is 44.0 Å². The van der Waals surface area contributed by atoms with E-state index in [2.05, 4.69) is 0 Å². The molecule has 0 heterocycles. The Morgan fingerprint density at radius 2 is 2.25 bits per heavy atom. The summed E-state index contributed by atoms with van der Waals surface area (Å²) < 4.78 is 0. The maximum absolute atomic E-state index is 9.27. The number of nitrogens with zero attached hydrogens (tertiary/aromatic N) is 1. The summed E-state index contributed by atoms with van der Waals surface area (Å²) in [5.41, 5.74) is 1.58. The van der Waals surface area contributed by atoms with Crippen molar-refractivity contribution in [2.75, 3.05) is 0 Å². The molecule has 0 fully saturated rings. The van der Waals surface area contributed by atoms with Crippen molar-refractivity contribution in [2.45, 2.75) is 13.3 Å². The molecule has 0 aliphatic rings. The Bertz CT molecular complexity index is 318. The first-order valence-electron chi connectivity index (χ1n) is 3.50. The molecular weight excluding hydrogens is 174 g/mol. The van der Waals surface area contributed by atoms with E-state index in [-0.39, 0.29) is 5.75 Å². The molecule has 0 aliphatic carbocycles. The van der Waals surface area contributed by atoms with Crippen LogP contribution in [-0.2, 0) is 6.42 Å². The second kappa shape index (κ2) is 3.46. The standard InChI is InChI=1S/C9H8ClNO/c1-6-4-7(2-3-11)5-8(12)9(6)10/h4-5,12H,2H2,1H3. The van der Waals surface area contributed by atoms with Crippen molar-refractivity contribution in [3.05, 3.63) is 28.3 Å². The van der Waals surface area contributed by atoms with E-state index in [1.165, 1.54) is 6.07 Å². The number of hydrogen-bond acceptors (Lipinski definition) is 2. The van der Waals surface area contributed by atoms with E-state index in [0.717, 1.165) is 11.1 Å². The van der Waals surface area contributed by atoms with Gasteiger partial charge in [-0.1, -0.05) is 17.7 Å². The van der Waals surface area contributed by atoms with E-state index in [1.54, 1.807) is 13.0 Å². The van der Waals surface area contributed by atoms with Gasteiger partial charge in [0.15, 0.2) is 0 Å². The molecule has 0 unspecified atom stereocenters. The Morgan fingerprint density at radius 3 is 2.75 bits per heavy atom. The predicted octanol–water partition coefficient (Wildman–Crippen LogP) is 2.42. The molecule has 1 N–H and O–H groups in total. The van der Waals surface area contributed by atoms with E-state index in [4.69, 9.17) is 16.9 Å². The quantitative estimate of drug-likeness (QED) is 0.723. The normalized spacial score (nSPS) is 9.42. The summed E-state index contributed by atoms with van der Waals surface area (Å²) in [5.74, 6) is 0.0434. The minimum absolute atomic E-state index is 0.0434. The molecule has 3 heteroatoms. The molecule has 0 spiro atoms. The third kappa shape index (κ3) is 1.69. The number of halogens is 1. The molecule has 2 nitrogen and oxygen atoms in total. The van der Waals surface area contributed by atoms with Crippen LogP contribution in [0.5, 0.6) is 5.75 Å². The number of benzene rings is 1. The summed E-state index contributed by atoms with van der Waals surface area (Å²) in [7, 11) is 0. The Balaban J connectivity index is 3.14. The third-order valence-corrected chi connectivity index (χ3v) is 2.07. The second-order valence-corrected chi connectivity index (χ2v) is 2.96. The number of nitriles is 1. The lowest BCUT2D eigenvalue weighted by atomic mass is 10.1. The van der Waals surface area contributed by atoms with Crippen molar-refractivity contribution >= 4 is 11.6 Å². The van der Waals surface area contributed by atoms with Gasteiger partial charge < -0.3 is 5.11 Å². The summed E-state index contributed by atoms with van der Waals surface area (Å²) in [5, 5.41) is 18.0. The van der Waals surface area contributed by atoms with E-state index >= 15 is 0 Å². The molecular formula is C9H8ClNO. The SMILES string of the molecule is Cc1cc(CC#N)cc(O)c1Cl. The maximum Gasteiger partial charge on any atom is 0.134 e. The highest BCUT2D eigenvalue weighted by Crippen LogP contribution is 2.28. The van der Waals surface area contributed by atoms with Crippen molar-refractivity contribution < 1.29 is 5.11 Å². The molecule has 0 amide bonds. The van der Waals surface area contributed by atoms with Gasteiger partial charge in [-0.3, -0.25) is 0 Å². The van der Waals surface area contributed by atoms with Crippen LogP contribution in [0.4, 0.5) is 0 Å². The van der Waals surface area contributed by atoms with Crippen molar-refractivity contribution in [3.63, 3.8) is 0 Å². The van der Waals surface area contributed by atoms with Gasteiger partial charge in [0.25, 0.3) is 0 Å². The highest BCUT2D eigenvalue weighted by atomic mass is 35.5. The first kappa shape index (κ1) is 8.89. The Kier molecular flexibility index (Phi) is 2.57. The molecule has 1 rings (SSSR count). The summed E-state index contributed by atoms with van der Waals surface area (Å²) in [4.78, 5) is 0. The fourth-order valence-electron chi connectivity index (χ4n) is 1.02. The predicted molar refractivity (Wildman–Crippen MR) is 47.2 cm³/mol. The highest BCUT2D eigenvalue weighted by Gasteiger charge is 2.03. The molecule has 0 bridgehead atoms. The van der Waals surface area contributed by atoms with E-state index in [1.807, 2.05) is 6.07 Å². The number of rotatable bonds is 1. The number of phenolic OH excluding ortho intramolecular Hbond substituents is 1. The van der Waals surface area contributed by atoms with Gasteiger partial charge in [-0.2, -0.15) is 5.26 Å². The smallest absolute Gasteiger partial charge is 0.134 e. The van der Waals surface area contributed by atoms with Crippen molar-refractivity contribution in [3.8, 4) is 11.8 Å². The van der Waals surface area contributed by atoms with Gasteiger partial charge in [-0.05, 0) is 24.1 Å². The van der Waals surface area contributed by atoms with Crippen LogP contribution in [0.1, 0.15) is 11.1 Å². The van der Waals surface area contributed by atoms with Crippen LogP contribution in [0.25, 0.3) is 0 Å².